The van der Waals surface area contributed by atoms with Crippen molar-refractivity contribution in [2.45, 2.75) is 18.9 Å². The van der Waals surface area contributed by atoms with Crippen LogP contribution in [-0.4, -0.2) is 34.8 Å². The van der Waals surface area contributed by atoms with Crippen LogP contribution in [0, 0.1) is 13.8 Å². The standard InChI is InChI=1S/C12H13N3O5S/c1-6-4-10(16)7(2)3-9(6)15-21(19,20)11-8(12(17)18)5-13-14-11/h3-5,15-16H,1-2H3,(H,13,14)(H,17,18). The molecule has 112 valence electrons. The van der Waals surface area contributed by atoms with Crippen molar-refractivity contribution in [2.24, 2.45) is 0 Å². The Morgan fingerprint density at radius 1 is 1.29 bits per heavy atom. The van der Waals surface area contributed by atoms with E-state index in [-0.39, 0.29) is 11.4 Å². The number of anilines is 1. The molecule has 0 aliphatic heterocycles. The van der Waals surface area contributed by atoms with Crippen LogP contribution in [0.3, 0.4) is 0 Å². The fourth-order valence-corrected chi connectivity index (χ4v) is 2.95. The molecule has 1 aromatic heterocycles. The molecule has 0 saturated heterocycles. The zero-order valence-corrected chi connectivity index (χ0v) is 12.0. The van der Waals surface area contributed by atoms with Crippen LogP contribution in [0.5, 0.6) is 5.75 Å². The minimum absolute atomic E-state index is 0.0446. The molecule has 1 heterocycles. The number of hydrogen-bond acceptors (Lipinski definition) is 5. The number of carbonyl (C=O) groups is 1. The Balaban J connectivity index is 2.45. The minimum Gasteiger partial charge on any atom is -0.508 e. The molecule has 8 nitrogen and oxygen atoms in total. The van der Waals surface area contributed by atoms with Crippen molar-refractivity contribution in [3.8, 4) is 5.75 Å². The normalized spacial score (nSPS) is 11.3. The maximum Gasteiger partial charge on any atom is 0.340 e. The Bertz CT molecular complexity index is 810. The molecule has 0 atom stereocenters. The lowest BCUT2D eigenvalue weighted by molar-refractivity contribution is 0.0692. The summed E-state index contributed by atoms with van der Waals surface area (Å²) >= 11 is 0. The Hall–Kier alpha value is -2.55. The minimum atomic E-state index is -4.13. The van der Waals surface area contributed by atoms with Crippen molar-refractivity contribution >= 4 is 21.7 Å². The SMILES string of the molecule is Cc1cc(NS(=O)(=O)c2[nH]ncc2C(=O)O)c(C)cc1O. The third kappa shape index (κ3) is 2.82. The van der Waals surface area contributed by atoms with Gasteiger partial charge in [-0.3, -0.25) is 9.82 Å². The predicted octanol–water partition coefficient (Wildman–Crippen LogP) is 1.23. The zero-order chi connectivity index (χ0) is 15.8. The van der Waals surface area contributed by atoms with Crippen LogP contribution in [0.1, 0.15) is 21.5 Å². The first-order valence-corrected chi connectivity index (χ1v) is 7.30. The lowest BCUT2D eigenvalue weighted by Gasteiger charge is -2.11. The first-order chi connectivity index (χ1) is 9.72. The van der Waals surface area contributed by atoms with Gasteiger partial charge in [-0.05, 0) is 37.1 Å². The summed E-state index contributed by atoms with van der Waals surface area (Å²) in [5, 5.41) is 23.6. The Morgan fingerprint density at radius 3 is 2.57 bits per heavy atom. The van der Waals surface area contributed by atoms with Gasteiger partial charge in [0.1, 0.15) is 11.3 Å². The molecular formula is C12H13N3O5S. The number of phenolic OH excluding ortho intramolecular Hbond substituents is 1. The second kappa shape index (κ2) is 5.09. The summed E-state index contributed by atoms with van der Waals surface area (Å²) in [6.45, 7) is 3.23. The molecule has 1 aromatic carbocycles. The van der Waals surface area contributed by atoms with E-state index in [2.05, 4.69) is 14.9 Å². The van der Waals surface area contributed by atoms with Gasteiger partial charge in [-0.2, -0.15) is 13.5 Å². The van der Waals surface area contributed by atoms with Crippen LogP contribution in [0.15, 0.2) is 23.4 Å². The Morgan fingerprint density at radius 2 is 1.95 bits per heavy atom. The molecule has 21 heavy (non-hydrogen) atoms. The lowest BCUT2D eigenvalue weighted by atomic mass is 10.1. The number of aromatic carboxylic acids is 1. The maximum atomic E-state index is 12.2. The average Bonchev–Trinajstić information content (AvgIpc) is 2.85. The second-order valence-corrected chi connectivity index (χ2v) is 6.10. The molecule has 4 N–H and O–H groups in total. The molecule has 0 aliphatic rings. The molecular weight excluding hydrogens is 298 g/mol. The topological polar surface area (TPSA) is 132 Å². The summed E-state index contributed by atoms with van der Waals surface area (Å²) < 4.78 is 26.7. The van der Waals surface area contributed by atoms with Gasteiger partial charge in [0.2, 0.25) is 0 Å². The number of aryl methyl sites for hydroxylation is 2. The molecule has 0 saturated carbocycles. The summed E-state index contributed by atoms with van der Waals surface area (Å²) in [6, 6.07) is 2.87. The van der Waals surface area contributed by atoms with Crippen LogP contribution < -0.4 is 4.72 Å². The smallest absolute Gasteiger partial charge is 0.340 e. The third-order valence-electron chi connectivity index (χ3n) is 2.89. The van der Waals surface area contributed by atoms with Gasteiger partial charge in [0, 0.05) is 0 Å². The Labute approximate surface area is 120 Å². The van der Waals surface area contributed by atoms with Gasteiger partial charge in [-0.15, -0.1) is 0 Å². The van der Waals surface area contributed by atoms with E-state index in [1.807, 2.05) is 0 Å². The third-order valence-corrected chi connectivity index (χ3v) is 4.23. The highest BCUT2D eigenvalue weighted by Gasteiger charge is 2.25. The molecule has 0 radical (unpaired) electrons. The van der Waals surface area contributed by atoms with Crippen LogP contribution in [0.2, 0.25) is 0 Å². The summed E-state index contributed by atoms with van der Waals surface area (Å²) in [6.07, 6.45) is 0.922. The molecule has 9 heteroatoms. The van der Waals surface area contributed by atoms with Crippen molar-refractivity contribution in [3.05, 3.63) is 35.0 Å². The first-order valence-electron chi connectivity index (χ1n) is 5.82. The number of hydrogen-bond donors (Lipinski definition) is 4. The van der Waals surface area contributed by atoms with Crippen LogP contribution in [0.4, 0.5) is 5.69 Å². The quantitative estimate of drug-likeness (QED) is 0.628. The number of benzene rings is 1. The molecule has 0 aliphatic carbocycles. The lowest BCUT2D eigenvalue weighted by Crippen LogP contribution is -2.17. The van der Waals surface area contributed by atoms with E-state index in [1.54, 1.807) is 13.8 Å². The van der Waals surface area contributed by atoms with Crippen molar-refractivity contribution in [1.82, 2.24) is 10.2 Å². The van der Waals surface area contributed by atoms with E-state index in [9.17, 15) is 18.3 Å². The highest BCUT2D eigenvalue weighted by molar-refractivity contribution is 7.92. The van der Waals surface area contributed by atoms with Gasteiger partial charge in [0.15, 0.2) is 5.03 Å². The number of H-pyrrole nitrogens is 1. The number of carboxylic acids is 1. The first kappa shape index (κ1) is 14.9. The Kier molecular flexibility index (Phi) is 3.60. The van der Waals surface area contributed by atoms with Crippen molar-refractivity contribution in [2.75, 3.05) is 4.72 Å². The van der Waals surface area contributed by atoms with Gasteiger partial charge in [0.25, 0.3) is 10.0 Å². The van der Waals surface area contributed by atoms with Gasteiger partial charge in [-0.1, -0.05) is 0 Å². The number of rotatable bonds is 4. The van der Waals surface area contributed by atoms with Crippen LogP contribution in [0.25, 0.3) is 0 Å². The summed E-state index contributed by atoms with van der Waals surface area (Å²) in [7, 11) is -4.13. The molecule has 0 bridgehead atoms. The number of aromatic amines is 1. The van der Waals surface area contributed by atoms with E-state index in [1.165, 1.54) is 12.1 Å². The molecule has 2 aromatic rings. The number of carboxylic acid groups (broad SMARTS) is 1. The fraction of sp³-hybridized carbons (Fsp3) is 0.167. The van der Waals surface area contributed by atoms with Gasteiger partial charge in [0.05, 0.1) is 11.9 Å². The molecule has 2 rings (SSSR count). The number of aromatic hydroxyl groups is 1. The zero-order valence-electron chi connectivity index (χ0n) is 11.2. The largest absolute Gasteiger partial charge is 0.508 e. The van der Waals surface area contributed by atoms with E-state index < -0.39 is 26.6 Å². The number of nitrogens with one attached hydrogen (secondary N) is 2. The number of nitrogens with zero attached hydrogens (tertiary/aromatic N) is 1. The highest BCUT2D eigenvalue weighted by atomic mass is 32.2. The van der Waals surface area contributed by atoms with Gasteiger partial charge >= 0.3 is 5.97 Å². The maximum absolute atomic E-state index is 12.2. The molecule has 0 spiro atoms. The van der Waals surface area contributed by atoms with Crippen molar-refractivity contribution in [1.29, 1.82) is 0 Å². The van der Waals surface area contributed by atoms with Gasteiger partial charge < -0.3 is 10.2 Å². The molecule has 0 unspecified atom stereocenters. The van der Waals surface area contributed by atoms with Crippen LogP contribution >= 0.6 is 0 Å². The average molecular weight is 311 g/mol. The number of sulfonamides is 1. The molecule has 0 amide bonds. The fourth-order valence-electron chi connectivity index (χ4n) is 1.74. The van der Waals surface area contributed by atoms with E-state index in [4.69, 9.17) is 5.11 Å². The summed E-state index contributed by atoms with van der Waals surface area (Å²) in [4.78, 5) is 11.0. The van der Waals surface area contributed by atoms with E-state index in [0.29, 0.717) is 11.1 Å². The monoisotopic (exact) mass is 311 g/mol. The van der Waals surface area contributed by atoms with E-state index in [0.717, 1.165) is 6.20 Å². The second-order valence-electron chi connectivity index (χ2n) is 4.48. The van der Waals surface area contributed by atoms with Crippen molar-refractivity contribution in [3.63, 3.8) is 0 Å². The summed E-state index contributed by atoms with van der Waals surface area (Å²) in [5.41, 5.74) is 0.784. The van der Waals surface area contributed by atoms with E-state index >= 15 is 0 Å². The summed E-state index contributed by atoms with van der Waals surface area (Å²) in [5.74, 6) is -1.36. The number of phenols is 1. The van der Waals surface area contributed by atoms with Gasteiger partial charge in [-0.25, -0.2) is 4.79 Å². The highest BCUT2D eigenvalue weighted by Crippen LogP contribution is 2.27. The van der Waals surface area contributed by atoms with Crippen LogP contribution in [-0.2, 0) is 10.0 Å². The number of aromatic nitrogens is 2. The van der Waals surface area contributed by atoms with Crippen molar-refractivity contribution < 1.29 is 23.4 Å². The predicted molar refractivity (Wildman–Crippen MR) is 73.9 cm³/mol. The molecule has 0 fully saturated rings.